The van der Waals surface area contributed by atoms with E-state index in [-0.39, 0.29) is 5.69 Å². The van der Waals surface area contributed by atoms with Crippen LogP contribution in [0.1, 0.15) is 25.0 Å². The Morgan fingerprint density at radius 2 is 1.76 bits per heavy atom. The number of nitrogens with one attached hydrogen (secondary N) is 1. The normalized spacial score (nSPS) is 10.7. The highest BCUT2D eigenvalue weighted by Crippen LogP contribution is 2.29. The molecule has 0 fully saturated rings. The number of methoxy groups -OCH3 is 1. The molecule has 25 heavy (non-hydrogen) atoms. The van der Waals surface area contributed by atoms with E-state index in [1.165, 1.54) is 12.1 Å². The Kier molecular flexibility index (Phi) is 6.77. The zero-order valence-electron chi connectivity index (χ0n) is 14.8. The first-order valence-corrected chi connectivity index (χ1v) is 8.23. The van der Waals surface area contributed by atoms with Gasteiger partial charge in [0.15, 0.2) is 11.5 Å². The van der Waals surface area contributed by atoms with E-state index in [4.69, 9.17) is 9.47 Å². The van der Waals surface area contributed by atoms with Crippen LogP contribution in [0.15, 0.2) is 42.5 Å². The second-order valence-electron chi connectivity index (χ2n) is 6.22. The van der Waals surface area contributed by atoms with Gasteiger partial charge in [0.25, 0.3) is 5.69 Å². The monoisotopic (exact) mass is 344 g/mol. The molecule has 0 aliphatic rings. The Morgan fingerprint density at radius 3 is 2.36 bits per heavy atom. The predicted molar refractivity (Wildman–Crippen MR) is 97.0 cm³/mol. The van der Waals surface area contributed by atoms with Crippen LogP contribution < -0.4 is 14.8 Å². The van der Waals surface area contributed by atoms with Crippen LogP contribution in [0.25, 0.3) is 0 Å². The summed E-state index contributed by atoms with van der Waals surface area (Å²) >= 11 is 0. The van der Waals surface area contributed by atoms with E-state index in [1.807, 2.05) is 18.2 Å². The molecule has 2 aromatic rings. The molecule has 0 radical (unpaired) electrons. The first kappa shape index (κ1) is 18.7. The second-order valence-corrected chi connectivity index (χ2v) is 6.22. The third kappa shape index (κ3) is 5.76. The van der Waals surface area contributed by atoms with E-state index < -0.39 is 4.92 Å². The molecule has 6 heteroatoms. The molecule has 0 atom stereocenters. The number of hydrogen-bond acceptors (Lipinski definition) is 5. The van der Waals surface area contributed by atoms with Crippen LogP contribution in [0.5, 0.6) is 11.5 Å². The minimum atomic E-state index is -0.417. The molecule has 0 heterocycles. The minimum Gasteiger partial charge on any atom is -0.493 e. The molecule has 2 aromatic carbocycles. The van der Waals surface area contributed by atoms with Crippen LogP contribution in [0.3, 0.4) is 0 Å². The smallest absolute Gasteiger partial charge is 0.269 e. The van der Waals surface area contributed by atoms with Gasteiger partial charge < -0.3 is 14.8 Å². The van der Waals surface area contributed by atoms with Crippen molar-refractivity contribution in [3.8, 4) is 11.5 Å². The fourth-order valence-electron chi connectivity index (χ4n) is 2.32. The van der Waals surface area contributed by atoms with Crippen LogP contribution in [-0.4, -0.2) is 18.6 Å². The molecule has 0 saturated carbocycles. The number of benzene rings is 2. The van der Waals surface area contributed by atoms with Gasteiger partial charge in [0.1, 0.15) is 6.61 Å². The Bertz CT molecular complexity index is 699. The molecule has 0 spiro atoms. The van der Waals surface area contributed by atoms with Gasteiger partial charge in [-0.05, 0) is 47.9 Å². The Morgan fingerprint density at radius 1 is 1.08 bits per heavy atom. The van der Waals surface area contributed by atoms with E-state index in [9.17, 15) is 10.1 Å². The highest BCUT2D eigenvalue weighted by molar-refractivity contribution is 5.43. The summed E-state index contributed by atoms with van der Waals surface area (Å²) in [5.41, 5.74) is 2.05. The molecule has 0 unspecified atom stereocenters. The fourth-order valence-corrected chi connectivity index (χ4v) is 2.32. The van der Waals surface area contributed by atoms with E-state index in [2.05, 4.69) is 19.2 Å². The molecular formula is C19H24N2O4. The van der Waals surface area contributed by atoms with Gasteiger partial charge in [0, 0.05) is 18.7 Å². The molecular weight excluding hydrogens is 320 g/mol. The summed E-state index contributed by atoms with van der Waals surface area (Å²) in [6.07, 6.45) is 0. The number of nitro groups is 1. The fraction of sp³-hybridized carbons (Fsp3) is 0.368. The number of ether oxygens (including phenoxy) is 2. The number of non-ortho nitro benzene ring substituents is 1. The molecule has 2 rings (SSSR count). The van der Waals surface area contributed by atoms with Crippen LogP contribution >= 0.6 is 0 Å². The maximum Gasteiger partial charge on any atom is 0.269 e. The third-order valence-corrected chi connectivity index (χ3v) is 3.65. The maximum atomic E-state index is 10.7. The quantitative estimate of drug-likeness (QED) is 0.551. The third-order valence-electron chi connectivity index (χ3n) is 3.65. The van der Waals surface area contributed by atoms with Gasteiger partial charge >= 0.3 is 0 Å². The number of nitrogens with zero attached hydrogens (tertiary/aromatic N) is 1. The number of hydrogen-bond donors (Lipinski definition) is 1. The molecule has 6 nitrogen and oxygen atoms in total. The van der Waals surface area contributed by atoms with Crippen molar-refractivity contribution in [2.45, 2.75) is 27.0 Å². The summed E-state index contributed by atoms with van der Waals surface area (Å²) in [4.78, 5) is 10.3. The van der Waals surface area contributed by atoms with Crippen LogP contribution in [0, 0.1) is 16.0 Å². The average Bonchev–Trinajstić information content (AvgIpc) is 2.60. The van der Waals surface area contributed by atoms with Gasteiger partial charge in [-0.2, -0.15) is 0 Å². The van der Waals surface area contributed by atoms with Crippen molar-refractivity contribution in [2.24, 2.45) is 5.92 Å². The molecule has 134 valence electrons. The standard InChI is InChI=1S/C19H24N2O4/c1-14(2)11-20-12-16-6-9-18(19(10-16)24-3)25-13-15-4-7-17(8-5-15)21(22)23/h4-10,14,20H,11-13H2,1-3H3. The van der Waals surface area contributed by atoms with Crippen molar-refractivity contribution >= 4 is 5.69 Å². The number of rotatable bonds is 9. The molecule has 0 amide bonds. The number of nitro benzene ring substituents is 1. The lowest BCUT2D eigenvalue weighted by Crippen LogP contribution is -2.18. The average molecular weight is 344 g/mol. The maximum absolute atomic E-state index is 10.7. The van der Waals surface area contributed by atoms with Gasteiger partial charge in [-0.25, -0.2) is 0 Å². The molecule has 0 bridgehead atoms. The Balaban J connectivity index is 1.97. The van der Waals surface area contributed by atoms with Crippen molar-refractivity contribution in [3.63, 3.8) is 0 Å². The molecule has 0 aliphatic carbocycles. The highest BCUT2D eigenvalue weighted by atomic mass is 16.6. The van der Waals surface area contributed by atoms with Gasteiger partial charge in [-0.1, -0.05) is 19.9 Å². The molecule has 0 aromatic heterocycles. The lowest BCUT2D eigenvalue weighted by molar-refractivity contribution is -0.384. The SMILES string of the molecule is COc1cc(CNCC(C)C)ccc1OCc1ccc([N+](=O)[O-])cc1. The van der Waals surface area contributed by atoms with Crippen molar-refractivity contribution in [2.75, 3.05) is 13.7 Å². The first-order valence-electron chi connectivity index (χ1n) is 8.23. The van der Waals surface area contributed by atoms with Gasteiger partial charge in [0.2, 0.25) is 0 Å². The predicted octanol–water partition coefficient (Wildman–Crippen LogP) is 3.93. The minimum absolute atomic E-state index is 0.0691. The van der Waals surface area contributed by atoms with Crippen molar-refractivity contribution in [1.29, 1.82) is 0 Å². The van der Waals surface area contributed by atoms with Gasteiger partial charge in [-0.3, -0.25) is 10.1 Å². The zero-order chi connectivity index (χ0) is 18.2. The summed E-state index contributed by atoms with van der Waals surface area (Å²) in [5, 5.41) is 14.1. The van der Waals surface area contributed by atoms with Gasteiger partial charge in [-0.15, -0.1) is 0 Å². The first-order chi connectivity index (χ1) is 12.0. The molecule has 0 saturated heterocycles. The lowest BCUT2D eigenvalue weighted by Gasteiger charge is -2.13. The topological polar surface area (TPSA) is 73.6 Å². The van der Waals surface area contributed by atoms with Crippen molar-refractivity contribution in [3.05, 3.63) is 63.7 Å². The van der Waals surface area contributed by atoms with E-state index in [0.29, 0.717) is 24.0 Å². The van der Waals surface area contributed by atoms with Crippen LogP contribution in [-0.2, 0) is 13.2 Å². The van der Waals surface area contributed by atoms with E-state index in [1.54, 1.807) is 19.2 Å². The summed E-state index contributed by atoms with van der Waals surface area (Å²) < 4.78 is 11.2. The van der Waals surface area contributed by atoms with Crippen molar-refractivity contribution < 1.29 is 14.4 Å². The largest absolute Gasteiger partial charge is 0.493 e. The summed E-state index contributed by atoms with van der Waals surface area (Å²) in [6, 6.07) is 12.2. The van der Waals surface area contributed by atoms with Crippen LogP contribution in [0.2, 0.25) is 0 Å². The van der Waals surface area contributed by atoms with Gasteiger partial charge in [0.05, 0.1) is 12.0 Å². The highest BCUT2D eigenvalue weighted by Gasteiger charge is 2.08. The second kappa shape index (κ2) is 9.03. The van der Waals surface area contributed by atoms with Crippen LogP contribution in [0.4, 0.5) is 5.69 Å². The zero-order valence-corrected chi connectivity index (χ0v) is 14.8. The van der Waals surface area contributed by atoms with E-state index >= 15 is 0 Å². The lowest BCUT2D eigenvalue weighted by atomic mass is 10.1. The summed E-state index contributed by atoms with van der Waals surface area (Å²) in [6.45, 7) is 6.39. The summed E-state index contributed by atoms with van der Waals surface area (Å²) in [5.74, 6) is 1.92. The molecule has 1 N–H and O–H groups in total. The summed E-state index contributed by atoms with van der Waals surface area (Å²) in [7, 11) is 1.61. The molecule has 0 aliphatic heterocycles. The van der Waals surface area contributed by atoms with Crippen molar-refractivity contribution in [1.82, 2.24) is 5.32 Å². The Hall–Kier alpha value is -2.60. The Labute approximate surface area is 147 Å². The van der Waals surface area contributed by atoms with E-state index in [0.717, 1.165) is 24.2 Å².